The van der Waals surface area contributed by atoms with Crippen LogP contribution in [0.1, 0.15) is 0 Å². The van der Waals surface area contributed by atoms with Crippen LogP contribution in [0, 0.1) is 0 Å². The molecule has 11 aromatic carbocycles. The van der Waals surface area contributed by atoms with Crippen molar-refractivity contribution in [2.24, 2.45) is 0 Å². The quantitative estimate of drug-likeness (QED) is 0.157. The highest BCUT2D eigenvalue weighted by molar-refractivity contribution is 6.18. The number of anilines is 6. The Labute approximate surface area is 356 Å². The lowest BCUT2D eigenvalue weighted by molar-refractivity contribution is 0.669. The fourth-order valence-corrected chi connectivity index (χ4v) is 9.69. The number of para-hydroxylation sites is 3. The van der Waals surface area contributed by atoms with Gasteiger partial charge >= 0.3 is 0 Å². The second-order valence-corrected chi connectivity index (χ2v) is 16.1. The van der Waals surface area contributed by atoms with Crippen LogP contribution < -0.4 is 9.80 Å². The molecule has 0 saturated heterocycles. The summed E-state index contributed by atoms with van der Waals surface area (Å²) in [5, 5.41) is 14.0. The first kappa shape index (κ1) is 34.5. The molecule has 13 rings (SSSR count). The molecular weight excluding hydrogens is 757 g/mol. The molecule has 0 radical (unpaired) electrons. The summed E-state index contributed by atoms with van der Waals surface area (Å²) in [6.45, 7) is 0. The van der Waals surface area contributed by atoms with Gasteiger partial charge in [0.15, 0.2) is 0 Å². The van der Waals surface area contributed by atoms with Gasteiger partial charge in [0, 0.05) is 44.6 Å². The summed E-state index contributed by atoms with van der Waals surface area (Å²) < 4.78 is 12.8. The molecule has 2 aromatic heterocycles. The summed E-state index contributed by atoms with van der Waals surface area (Å²) in [4.78, 5) is 4.76. The molecule has 0 atom stereocenters. The Bertz CT molecular complexity index is 3900. The van der Waals surface area contributed by atoms with Crippen LogP contribution in [0.25, 0.3) is 87.0 Å². The molecule has 0 N–H and O–H groups in total. The highest BCUT2D eigenvalue weighted by Crippen LogP contribution is 2.46. The van der Waals surface area contributed by atoms with Crippen molar-refractivity contribution in [3.05, 3.63) is 218 Å². The minimum absolute atomic E-state index is 0.847. The van der Waals surface area contributed by atoms with Gasteiger partial charge in [0.05, 0.1) is 11.1 Å². The normalized spacial score (nSPS) is 11.9. The molecular formula is C58H36N2O2. The fourth-order valence-electron chi connectivity index (χ4n) is 9.69. The predicted molar refractivity (Wildman–Crippen MR) is 260 cm³/mol. The molecule has 290 valence electrons. The molecule has 0 bridgehead atoms. The van der Waals surface area contributed by atoms with Crippen molar-refractivity contribution in [3.8, 4) is 0 Å². The SMILES string of the molecule is c1ccc(N(c2cccc(N(c3ccc4ccc5cc6oc7ccccc7c6cc5c4c3)c3cccc4oc5ccccc5c34)c2)c2ccc3ccc4ccccc4c3c2)cc1. The van der Waals surface area contributed by atoms with E-state index in [1.165, 1.54) is 37.7 Å². The summed E-state index contributed by atoms with van der Waals surface area (Å²) in [5.74, 6) is 0. The number of nitrogens with zero attached hydrogens (tertiary/aromatic N) is 2. The van der Waals surface area contributed by atoms with E-state index in [0.29, 0.717) is 0 Å². The van der Waals surface area contributed by atoms with E-state index < -0.39 is 0 Å². The number of fused-ring (bicyclic) bond motifs is 12. The van der Waals surface area contributed by atoms with Gasteiger partial charge < -0.3 is 18.6 Å². The lowest BCUT2D eigenvalue weighted by Gasteiger charge is -2.30. The Morgan fingerprint density at radius 3 is 1.53 bits per heavy atom. The molecule has 13 aromatic rings. The Hall–Kier alpha value is -8.34. The van der Waals surface area contributed by atoms with Crippen molar-refractivity contribution in [2.75, 3.05) is 9.80 Å². The third kappa shape index (κ3) is 5.40. The summed E-state index contributed by atoms with van der Waals surface area (Å²) in [7, 11) is 0. The molecule has 2 heterocycles. The molecule has 4 heteroatoms. The van der Waals surface area contributed by atoms with E-state index in [1.807, 2.05) is 18.2 Å². The fraction of sp³-hybridized carbons (Fsp3) is 0. The predicted octanol–water partition coefficient (Wildman–Crippen LogP) is 17.0. The van der Waals surface area contributed by atoms with Crippen LogP contribution in [0.2, 0.25) is 0 Å². The van der Waals surface area contributed by atoms with E-state index in [1.54, 1.807) is 0 Å². The van der Waals surface area contributed by atoms with E-state index in [-0.39, 0.29) is 0 Å². The zero-order valence-electron chi connectivity index (χ0n) is 33.5. The van der Waals surface area contributed by atoms with Gasteiger partial charge in [0.25, 0.3) is 0 Å². The first-order valence-electron chi connectivity index (χ1n) is 21.1. The lowest BCUT2D eigenvalue weighted by atomic mass is 9.98. The number of benzene rings is 11. The van der Waals surface area contributed by atoms with Crippen molar-refractivity contribution < 1.29 is 8.83 Å². The van der Waals surface area contributed by atoms with Crippen molar-refractivity contribution in [1.29, 1.82) is 0 Å². The molecule has 0 aliphatic carbocycles. The highest BCUT2D eigenvalue weighted by Gasteiger charge is 2.22. The third-order valence-electron chi connectivity index (χ3n) is 12.5. The monoisotopic (exact) mass is 792 g/mol. The van der Waals surface area contributed by atoms with Crippen LogP contribution in [0.15, 0.2) is 227 Å². The molecule has 0 aliphatic rings. The smallest absolute Gasteiger partial charge is 0.137 e. The second-order valence-electron chi connectivity index (χ2n) is 16.1. The summed E-state index contributed by atoms with van der Waals surface area (Å²) in [6, 6.07) is 78.3. The topological polar surface area (TPSA) is 32.8 Å². The van der Waals surface area contributed by atoms with E-state index >= 15 is 0 Å². The van der Waals surface area contributed by atoms with Gasteiger partial charge in [-0.3, -0.25) is 0 Å². The number of hydrogen-bond donors (Lipinski definition) is 0. The average Bonchev–Trinajstić information content (AvgIpc) is 3.90. The molecule has 62 heavy (non-hydrogen) atoms. The Kier molecular flexibility index (Phi) is 7.57. The molecule has 0 amide bonds. The van der Waals surface area contributed by atoms with E-state index in [0.717, 1.165) is 83.4 Å². The van der Waals surface area contributed by atoms with Crippen molar-refractivity contribution >= 4 is 121 Å². The third-order valence-corrected chi connectivity index (χ3v) is 12.5. The van der Waals surface area contributed by atoms with Crippen LogP contribution in [0.4, 0.5) is 34.1 Å². The summed E-state index contributed by atoms with van der Waals surface area (Å²) >= 11 is 0. The lowest BCUT2D eigenvalue weighted by Crippen LogP contribution is -2.13. The van der Waals surface area contributed by atoms with Gasteiger partial charge in [-0.1, -0.05) is 127 Å². The van der Waals surface area contributed by atoms with Gasteiger partial charge in [-0.25, -0.2) is 0 Å². The standard InChI is InChI=1S/C58H36N2O2/c1-2-13-41(14-3-1)59(44-30-28-38-25-24-37-12-4-5-17-46(37)49(38)34-44)42-15-10-16-43(33-42)60(53-20-11-23-56-58(53)48-19-7-9-22-55(48)61-56)45-31-29-39-26-27-40-32-57-52(36-51(40)50(39)35-45)47-18-6-8-21-54(47)62-57/h1-36H. The zero-order chi connectivity index (χ0) is 40.7. The minimum Gasteiger partial charge on any atom is -0.456 e. The zero-order valence-corrected chi connectivity index (χ0v) is 33.5. The van der Waals surface area contributed by atoms with Gasteiger partial charge in [-0.15, -0.1) is 0 Å². The highest BCUT2D eigenvalue weighted by atomic mass is 16.3. The van der Waals surface area contributed by atoms with Crippen LogP contribution in [-0.4, -0.2) is 0 Å². The van der Waals surface area contributed by atoms with Crippen LogP contribution in [-0.2, 0) is 0 Å². The van der Waals surface area contributed by atoms with Crippen molar-refractivity contribution in [2.45, 2.75) is 0 Å². The largest absolute Gasteiger partial charge is 0.456 e. The van der Waals surface area contributed by atoms with Gasteiger partial charge in [0.1, 0.15) is 22.3 Å². The second kappa shape index (κ2) is 13.6. The maximum absolute atomic E-state index is 6.51. The Balaban J connectivity index is 1.05. The first-order chi connectivity index (χ1) is 30.7. The summed E-state index contributed by atoms with van der Waals surface area (Å²) in [5.41, 5.74) is 9.82. The van der Waals surface area contributed by atoms with Crippen molar-refractivity contribution in [1.82, 2.24) is 0 Å². The van der Waals surface area contributed by atoms with Crippen LogP contribution >= 0.6 is 0 Å². The van der Waals surface area contributed by atoms with E-state index in [2.05, 4.69) is 210 Å². The molecule has 0 unspecified atom stereocenters. The Morgan fingerprint density at radius 2 is 0.742 bits per heavy atom. The van der Waals surface area contributed by atoms with Crippen LogP contribution in [0.5, 0.6) is 0 Å². The van der Waals surface area contributed by atoms with E-state index in [9.17, 15) is 0 Å². The van der Waals surface area contributed by atoms with Gasteiger partial charge in [0.2, 0.25) is 0 Å². The average molecular weight is 793 g/mol. The molecule has 0 fully saturated rings. The van der Waals surface area contributed by atoms with Crippen LogP contribution in [0.3, 0.4) is 0 Å². The van der Waals surface area contributed by atoms with E-state index in [4.69, 9.17) is 8.83 Å². The minimum atomic E-state index is 0.847. The number of hydrogen-bond acceptors (Lipinski definition) is 4. The number of rotatable bonds is 6. The van der Waals surface area contributed by atoms with Gasteiger partial charge in [-0.05, 0) is 134 Å². The summed E-state index contributed by atoms with van der Waals surface area (Å²) in [6.07, 6.45) is 0. The molecule has 0 aliphatic heterocycles. The first-order valence-corrected chi connectivity index (χ1v) is 21.1. The van der Waals surface area contributed by atoms with Crippen molar-refractivity contribution in [3.63, 3.8) is 0 Å². The Morgan fingerprint density at radius 1 is 0.242 bits per heavy atom. The maximum Gasteiger partial charge on any atom is 0.137 e. The number of furan rings is 2. The molecule has 4 nitrogen and oxygen atoms in total. The maximum atomic E-state index is 6.51. The van der Waals surface area contributed by atoms with Gasteiger partial charge in [-0.2, -0.15) is 0 Å². The molecule has 0 saturated carbocycles. The molecule has 0 spiro atoms.